The van der Waals surface area contributed by atoms with Gasteiger partial charge in [-0.2, -0.15) is 0 Å². The van der Waals surface area contributed by atoms with Crippen molar-refractivity contribution in [3.8, 4) is 0 Å². The highest BCUT2D eigenvalue weighted by Crippen LogP contribution is 2.30. The van der Waals surface area contributed by atoms with Gasteiger partial charge in [-0.3, -0.25) is 4.79 Å². The van der Waals surface area contributed by atoms with Crippen molar-refractivity contribution in [3.63, 3.8) is 0 Å². The van der Waals surface area contributed by atoms with E-state index in [2.05, 4.69) is 39.9 Å². The van der Waals surface area contributed by atoms with Gasteiger partial charge in [-0.05, 0) is 37.6 Å². The summed E-state index contributed by atoms with van der Waals surface area (Å²) in [6.07, 6.45) is 4.40. The lowest BCUT2D eigenvalue weighted by atomic mass is 9.89. The molecule has 3 unspecified atom stereocenters. The van der Waals surface area contributed by atoms with Gasteiger partial charge in [0.2, 0.25) is 0 Å². The normalized spacial score (nSPS) is 25.1. The Kier molecular flexibility index (Phi) is 6.84. The number of ether oxygens (including phenoxy) is 1. The molecule has 3 heteroatoms. The molecule has 1 heterocycles. The minimum atomic E-state index is 0.00560. The molecule has 1 saturated heterocycles. The molecule has 0 aromatic rings. The third-order valence-corrected chi connectivity index (χ3v) is 3.97. The number of hydrogen-bond donors (Lipinski definition) is 1. The van der Waals surface area contributed by atoms with E-state index in [0.29, 0.717) is 17.9 Å². The van der Waals surface area contributed by atoms with Crippen LogP contribution >= 0.6 is 0 Å². The fraction of sp³-hybridized carbons (Fsp3) is 0.938. The minimum Gasteiger partial charge on any atom is -0.460 e. The lowest BCUT2D eigenvalue weighted by molar-refractivity contribution is -0.146. The van der Waals surface area contributed by atoms with E-state index in [-0.39, 0.29) is 18.0 Å². The number of carbonyl (C=O) groups is 1. The van der Waals surface area contributed by atoms with Crippen LogP contribution in [0, 0.1) is 17.8 Å². The number of esters is 1. The van der Waals surface area contributed by atoms with E-state index in [1.807, 2.05) is 0 Å². The van der Waals surface area contributed by atoms with Crippen molar-refractivity contribution >= 4 is 5.97 Å². The Bertz CT molecular complexity index is 276. The SMILES string of the molecule is CCCCNC(CC(C)C)C1CC(C(C)C)C(=O)O1. The summed E-state index contributed by atoms with van der Waals surface area (Å²) in [7, 11) is 0. The Balaban J connectivity index is 2.57. The summed E-state index contributed by atoms with van der Waals surface area (Å²) in [4.78, 5) is 11.9. The highest BCUT2D eigenvalue weighted by atomic mass is 16.6. The van der Waals surface area contributed by atoms with Gasteiger partial charge in [0.25, 0.3) is 0 Å². The highest BCUT2D eigenvalue weighted by Gasteiger charge is 2.40. The van der Waals surface area contributed by atoms with Crippen LogP contribution in [0.25, 0.3) is 0 Å². The maximum absolute atomic E-state index is 11.9. The molecule has 1 aliphatic rings. The van der Waals surface area contributed by atoms with Crippen LogP contribution in [-0.4, -0.2) is 24.7 Å². The van der Waals surface area contributed by atoms with Crippen LogP contribution in [0.4, 0.5) is 0 Å². The molecule has 0 bridgehead atoms. The summed E-state index contributed by atoms with van der Waals surface area (Å²) >= 11 is 0. The molecule has 1 rings (SSSR count). The number of carbonyl (C=O) groups excluding carboxylic acids is 1. The lowest BCUT2D eigenvalue weighted by Gasteiger charge is -2.25. The van der Waals surface area contributed by atoms with Crippen LogP contribution in [0.1, 0.15) is 60.3 Å². The number of hydrogen-bond acceptors (Lipinski definition) is 3. The summed E-state index contributed by atoms with van der Waals surface area (Å²) < 4.78 is 5.63. The van der Waals surface area contributed by atoms with Crippen LogP contribution in [0.3, 0.4) is 0 Å². The molecule has 1 aliphatic heterocycles. The zero-order valence-corrected chi connectivity index (χ0v) is 13.2. The first-order chi connectivity index (χ1) is 8.95. The first kappa shape index (κ1) is 16.5. The summed E-state index contributed by atoms with van der Waals surface area (Å²) in [5.41, 5.74) is 0. The van der Waals surface area contributed by atoms with Crippen molar-refractivity contribution in [2.45, 2.75) is 72.4 Å². The molecule has 0 aromatic heterocycles. The number of cyclic esters (lactones) is 1. The molecule has 1 N–H and O–H groups in total. The Labute approximate surface area is 118 Å². The summed E-state index contributed by atoms with van der Waals surface area (Å²) in [6.45, 7) is 11.9. The average Bonchev–Trinajstić information content (AvgIpc) is 2.70. The molecule has 19 heavy (non-hydrogen) atoms. The fourth-order valence-electron chi connectivity index (χ4n) is 2.76. The molecule has 0 aliphatic carbocycles. The van der Waals surface area contributed by atoms with Gasteiger partial charge in [0.1, 0.15) is 6.10 Å². The van der Waals surface area contributed by atoms with Gasteiger partial charge in [0.15, 0.2) is 0 Å². The van der Waals surface area contributed by atoms with Gasteiger partial charge in [-0.25, -0.2) is 0 Å². The summed E-state index contributed by atoms with van der Waals surface area (Å²) in [5.74, 6) is 1.10. The molecule has 1 fully saturated rings. The van der Waals surface area contributed by atoms with E-state index >= 15 is 0 Å². The molecular formula is C16H31NO2. The lowest BCUT2D eigenvalue weighted by Crippen LogP contribution is -2.41. The third-order valence-electron chi connectivity index (χ3n) is 3.97. The van der Waals surface area contributed by atoms with Gasteiger partial charge >= 0.3 is 5.97 Å². The summed E-state index contributed by atoms with van der Waals surface area (Å²) in [6, 6.07) is 0.319. The predicted octanol–water partition coefficient (Wildman–Crippen LogP) is 3.38. The van der Waals surface area contributed by atoms with Crippen molar-refractivity contribution in [2.24, 2.45) is 17.8 Å². The third kappa shape index (κ3) is 5.13. The van der Waals surface area contributed by atoms with Crippen molar-refractivity contribution in [3.05, 3.63) is 0 Å². The zero-order chi connectivity index (χ0) is 14.4. The molecule has 3 atom stereocenters. The van der Waals surface area contributed by atoms with Gasteiger partial charge in [0, 0.05) is 6.04 Å². The second kappa shape index (κ2) is 7.88. The van der Waals surface area contributed by atoms with E-state index < -0.39 is 0 Å². The van der Waals surface area contributed by atoms with Gasteiger partial charge in [-0.15, -0.1) is 0 Å². The number of nitrogens with one attached hydrogen (secondary N) is 1. The van der Waals surface area contributed by atoms with Crippen molar-refractivity contribution in [2.75, 3.05) is 6.54 Å². The fourth-order valence-corrected chi connectivity index (χ4v) is 2.76. The standard InChI is InChI=1S/C16H31NO2/c1-6-7-8-17-14(9-11(2)3)15-10-13(12(4)5)16(18)19-15/h11-15,17H,6-10H2,1-5H3. The maximum Gasteiger partial charge on any atom is 0.309 e. The second-order valence-corrected chi connectivity index (χ2v) is 6.61. The Morgan fingerprint density at radius 1 is 1.32 bits per heavy atom. The largest absolute Gasteiger partial charge is 0.460 e. The summed E-state index contributed by atoms with van der Waals surface area (Å²) in [5, 5.41) is 3.60. The molecule has 0 aromatic carbocycles. The number of unbranched alkanes of at least 4 members (excludes halogenated alkanes) is 1. The van der Waals surface area contributed by atoms with E-state index in [4.69, 9.17) is 4.74 Å². The Hall–Kier alpha value is -0.570. The van der Waals surface area contributed by atoms with Crippen LogP contribution in [0.15, 0.2) is 0 Å². The van der Waals surface area contributed by atoms with Crippen LogP contribution in [-0.2, 0) is 9.53 Å². The van der Waals surface area contributed by atoms with Gasteiger partial charge < -0.3 is 10.1 Å². The first-order valence-corrected chi connectivity index (χ1v) is 7.89. The average molecular weight is 269 g/mol. The molecular weight excluding hydrogens is 238 g/mol. The quantitative estimate of drug-likeness (QED) is 0.542. The van der Waals surface area contributed by atoms with Crippen molar-refractivity contribution < 1.29 is 9.53 Å². The molecule has 0 saturated carbocycles. The van der Waals surface area contributed by atoms with E-state index in [9.17, 15) is 4.79 Å². The zero-order valence-electron chi connectivity index (χ0n) is 13.2. The maximum atomic E-state index is 11.9. The smallest absolute Gasteiger partial charge is 0.309 e. The van der Waals surface area contributed by atoms with E-state index in [0.717, 1.165) is 19.4 Å². The predicted molar refractivity (Wildman–Crippen MR) is 79.0 cm³/mol. The molecule has 0 spiro atoms. The molecule has 112 valence electrons. The Morgan fingerprint density at radius 2 is 2.00 bits per heavy atom. The van der Waals surface area contributed by atoms with Crippen LogP contribution in [0.5, 0.6) is 0 Å². The number of rotatable bonds is 8. The van der Waals surface area contributed by atoms with Gasteiger partial charge in [-0.1, -0.05) is 41.0 Å². The van der Waals surface area contributed by atoms with Gasteiger partial charge in [0.05, 0.1) is 5.92 Å². The Morgan fingerprint density at radius 3 is 2.47 bits per heavy atom. The first-order valence-electron chi connectivity index (χ1n) is 7.89. The topological polar surface area (TPSA) is 38.3 Å². The van der Waals surface area contributed by atoms with Crippen molar-refractivity contribution in [1.82, 2.24) is 5.32 Å². The highest BCUT2D eigenvalue weighted by molar-refractivity contribution is 5.75. The van der Waals surface area contributed by atoms with Crippen LogP contribution < -0.4 is 5.32 Å². The molecule has 0 radical (unpaired) electrons. The monoisotopic (exact) mass is 269 g/mol. The molecule has 3 nitrogen and oxygen atoms in total. The van der Waals surface area contributed by atoms with E-state index in [1.54, 1.807) is 0 Å². The molecule has 0 amide bonds. The van der Waals surface area contributed by atoms with Crippen molar-refractivity contribution in [1.29, 1.82) is 0 Å². The second-order valence-electron chi connectivity index (χ2n) is 6.61. The van der Waals surface area contributed by atoms with E-state index in [1.165, 1.54) is 12.8 Å². The minimum absolute atomic E-state index is 0.00560. The van der Waals surface area contributed by atoms with Crippen LogP contribution in [0.2, 0.25) is 0 Å².